The number of hydrogen-bond donors (Lipinski definition) is 0. The van der Waals surface area contributed by atoms with E-state index in [2.05, 4.69) is 9.96 Å². The van der Waals surface area contributed by atoms with Gasteiger partial charge in [-0.3, -0.25) is 0 Å². The van der Waals surface area contributed by atoms with E-state index in [0.29, 0.717) is 6.54 Å². The van der Waals surface area contributed by atoms with Gasteiger partial charge >= 0.3 is 6.54 Å². The van der Waals surface area contributed by atoms with Crippen molar-refractivity contribution in [1.82, 2.24) is 9.55 Å². The van der Waals surface area contributed by atoms with Crippen LogP contribution < -0.4 is 0 Å². The Balaban J connectivity index is 2.40. The lowest BCUT2D eigenvalue weighted by atomic mass is 9.96. The van der Waals surface area contributed by atoms with Crippen molar-refractivity contribution in [3.63, 3.8) is 0 Å². The lowest BCUT2D eigenvalue weighted by molar-refractivity contribution is 0.751. The molecular weight excluding hydrogens is 200 g/mol. The maximum absolute atomic E-state index is 8.78. The summed E-state index contributed by atoms with van der Waals surface area (Å²) < 4.78 is 1.95. The molecule has 4 nitrogen and oxygen atoms in total. The van der Waals surface area contributed by atoms with Crippen LogP contribution in [0.15, 0.2) is 42.9 Å². The summed E-state index contributed by atoms with van der Waals surface area (Å²) in [4.78, 5) is 7.36. The Kier molecular flexibility index (Phi) is 2.97. The van der Waals surface area contributed by atoms with E-state index >= 15 is 0 Å². The van der Waals surface area contributed by atoms with Crippen molar-refractivity contribution in [3.8, 4) is 0 Å². The second-order valence-corrected chi connectivity index (χ2v) is 3.72. The topological polar surface area (TPSA) is 46.0 Å². The second-order valence-electron chi connectivity index (χ2n) is 3.72. The SMILES string of the molecule is Cn1cncc1C(C[N+]#N)c1ccccc1. The molecule has 0 aliphatic rings. The Morgan fingerprint density at radius 2 is 2.12 bits per heavy atom. The zero-order valence-corrected chi connectivity index (χ0v) is 9.11. The standard InChI is InChI=1S/C12H13N4/c1-16-9-14-8-12(16)11(7-15-13)10-5-3-2-4-6-10/h2-6,8-9,11H,7H2,1H3/q+1. The molecule has 16 heavy (non-hydrogen) atoms. The Morgan fingerprint density at radius 1 is 1.38 bits per heavy atom. The first-order valence-electron chi connectivity index (χ1n) is 5.15. The third-order valence-corrected chi connectivity index (χ3v) is 2.68. The minimum atomic E-state index is 0.0544. The molecule has 1 aromatic heterocycles. The first-order valence-corrected chi connectivity index (χ1v) is 5.15. The molecule has 0 aliphatic heterocycles. The van der Waals surface area contributed by atoms with E-state index in [4.69, 9.17) is 5.39 Å². The van der Waals surface area contributed by atoms with Gasteiger partial charge in [0.1, 0.15) is 10.9 Å². The second kappa shape index (κ2) is 4.58. The fourth-order valence-electron chi connectivity index (χ4n) is 1.84. The van der Waals surface area contributed by atoms with E-state index in [1.165, 1.54) is 0 Å². The Hall–Kier alpha value is -2.15. The van der Waals surface area contributed by atoms with Crippen molar-refractivity contribution in [3.05, 3.63) is 59.1 Å². The van der Waals surface area contributed by atoms with Gasteiger partial charge in [0.05, 0.1) is 12.0 Å². The van der Waals surface area contributed by atoms with Crippen LogP contribution in [0.25, 0.3) is 4.98 Å². The molecule has 0 spiro atoms. The molecule has 4 heteroatoms. The molecule has 1 unspecified atom stereocenters. The predicted molar refractivity (Wildman–Crippen MR) is 61.4 cm³/mol. The van der Waals surface area contributed by atoms with Crippen LogP contribution in [-0.2, 0) is 7.05 Å². The highest BCUT2D eigenvalue weighted by atomic mass is 15.0. The maximum Gasteiger partial charge on any atom is 0.317 e. The third-order valence-electron chi connectivity index (χ3n) is 2.68. The summed E-state index contributed by atoms with van der Waals surface area (Å²) in [7, 11) is 1.94. The summed E-state index contributed by atoms with van der Waals surface area (Å²) in [6.07, 6.45) is 3.56. The average Bonchev–Trinajstić information content (AvgIpc) is 2.73. The molecule has 1 heterocycles. The highest BCUT2D eigenvalue weighted by molar-refractivity contribution is 5.29. The van der Waals surface area contributed by atoms with Crippen molar-refractivity contribution in [1.29, 1.82) is 5.39 Å². The first-order chi connectivity index (χ1) is 7.83. The molecule has 0 saturated heterocycles. The van der Waals surface area contributed by atoms with E-state index in [1.807, 2.05) is 48.1 Å². The number of nitrogens with zero attached hydrogens (tertiary/aromatic N) is 4. The van der Waals surface area contributed by atoms with E-state index in [9.17, 15) is 0 Å². The number of hydrogen-bond acceptors (Lipinski definition) is 2. The van der Waals surface area contributed by atoms with Gasteiger partial charge in [0.25, 0.3) is 0 Å². The van der Waals surface area contributed by atoms with E-state index in [0.717, 1.165) is 11.3 Å². The van der Waals surface area contributed by atoms with E-state index < -0.39 is 0 Å². The molecule has 80 valence electrons. The zero-order valence-electron chi connectivity index (χ0n) is 9.11. The van der Waals surface area contributed by atoms with Crippen LogP contribution in [0.4, 0.5) is 0 Å². The Bertz CT molecular complexity index is 495. The molecular formula is C12H13N4+. The van der Waals surface area contributed by atoms with Crippen LogP contribution >= 0.6 is 0 Å². The maximum atomic E-state index is 8.78. The largest absolute Gasteiger partial charge is 0.337 e. The fraction of sp³-hybridized carbons (Fsp3) is 0.250. The minimum absolute atomic E-state index is 0.0544. The van der Waals surface area contributed by atoms with Crippen LogP contribution in [0.5, 0.6) is 0 Å². The molecule has 0 radical (unpaired) electrons. The number of rotatable bonds is 3. The number of imidazole rings is 1. The third kappa shape index (κ3) is 1.94. The van der Waals surface area contributed by atoms with Crippen LogP contribution in [0.3, 0.4) is 0 Å². The van der Waals surface area contributed by atoms with Gasteiger partial charge in [-0.2, -0.15) is 0 Å². The van der Waals surface area contributed by atoms with Gasteiger partial charge < -0.3 is 4.57 Å². The van der Waals surface area contributed by atoms with Gasteiger partial charge in [-0.25, -0.2) is 4.98 Å². The molecule has 0 aliphatic carbocycles. The van der Waals surface area contributed by atoms with Crippen molar-refractivity contribution in [2.24, 2.45) is 7.05 Å². The van der Waals surface area contributed by atoms with Crippen LogP contribution in [0, 0.1) is 5.39 Å². The summed E-state index contributed by atoms with van der Waals surface area (Å²) >= 11 is 0. The monoisotopic (exact) mass is 213 g/mol. The molecule has 0 saturated carbocycles. The van der Waals surface area contributed by atoms with E-state index in [-0.39, 0.29) is 5.92 Å². The minimum Gasteiger partial charge on any atom is -0.337 e. The summed E-state index contributed by atoms with van der Waals surface area (Å²) in [5.41, 5.74) is 2.17. The van der Waals surface area contributed by atoms with Gasteiger partial charge in [0.2, 0.25) is 5.39 Å². The number of aryl methyl sites for hydroxylation is 1. The normalized spacial score (nSPS) is 12.0. The molecule has 1 aromatic carbocycles. The first kappa shape index (κ1) is 10.4. The Morgan fingerprint density at radius 3 is 2.69 bits per heavy atom. The van der Waals surface area contributed by atoms with Crippen molar-refractivity contribution < 1.29 is 0 Å². The van der Waals surface area contributed by atoms with Crippen molar-refractivity contribution >= 4 is 0 Å². The number of benzene rings is 1. The molecule has 1 atom stereocenters. The lowest BCUT2D eigenvalue weighted by Crippen LogP contribution is -2.08. The molecule has 0 amide bonds. The fourth-order valence-corrected chi connectivity index (χ4v) is 1.84. The van der Waals surface area contributed by atoms with E-state index in [1.54, 1.807) is 6.33 Å². The van der Waals surface area contributed by atoms with Gasteiger partial charge in [0.15, 0.2) is 0 Å². The molecule has 2 rings (SSSR count). The van der Waals surface area contributed by atoms with Crippen LogP contribution in [-0.4, -0.2) is 16.1 Å². The zero-order chi connectivity index (χ0) is 11.4. The number of diazo groups is 1. The smallest absolute Gasteiger partial charge is 0.317 e. The van der Waals surface area contributed by atoms with Crippen molar-refractivity contribution in [2.45, 2.75) is 5.92 Å². The summed E-state index contributed by atoms with van der Waals surface area (Å²) in [5, 5.41) is 8.78. The summed E-state index contributed by atoms with van der Waals surface area (Å²) in [5.74, 6) is 0.0544. The molecule has 2 aromatic rings. The quantitative estimate of drug-likeness (QED) is 0.735. The lowest BCUT2D eigenvalue weighted by Gasteiger charge is -2.10. The number of aromatic nitrogens is 2. The van der Waals surface area contributed by atoms with Gasteiger partial charge in [0, 0.05) is 13.2 Å². The molecule has 0 fully saturated rings. The summed E-state index contributed by atoms with van der Waals surface area (Å²) in [6, 6.07) is 10.00. The average molecular weight is 213 g/mol. The molecule has 0 N–H and O–H groups in total. The van der Waals surface area contributed by atoms with Gasteiger partial charge in [-0.1, -0.05) is 30.3 Å². The highest BCUT2D eigenvalue weighted by Crippen LogP contribution is 2.24. The van der Waals surface area contributed by atoms with Gasteiger partial charge in [-0.15, -0.1) is 0 Å². The summed E-state index contributed by atoms with van der Waals surface area (Å²) in [6.45, 7) is 0.351. The van der Waals surface area contributed by atoms with Gasteiger partial charge in [-0.05, 0) is 5.56 Å². The van der Waals surface area contributed by atoms with Crippen LogP contribution in [0.2, 0.25) is 0 Å². The van der Waals surface area contributed by atoms with Crippen molar-refractivity contribution in [2.75, 3.05) is 6.54 Å². The van der Waals surface area contributed by atoms with Crippen LogP contribution in [0.1, 0.15) is 17.2 Å². The highest BCUT2D eigenvalue weighted by Gasteiger charge is 2.22. The Labute approximate surface area is 94.2 Å². The molecule has 0 bridgehead atoms. The predicted octanol–water partition coefficient (Wildman–Crippen LogP) is 2.41.